The van der Waals surface area contributed by atoms with Crippen molar-refractivity contribution in [3.8, 4) is 0 Å². The van der Waals surface area contributed by atoms with Gasteiger partial charge >= 0.3 is 0 Å². The van der Waals surface area contributed by atoms with Crippen LogP contribution in [0.1, 0.15) is 58.3 Å². The molecule has 1 N–H and O–H groups in total. The Labute approximate surface area is 111 Å². The molecule has 3 nitrogen and oxygen atoms in total. The first-order chi connectivity index (χ1) is 8.81. The minimum Gasteiger partial charge on any atom is -0.341 e. The average Bonchev–Trinajstić information content (AvgIpc) is 2.81. The van der Waals surface area contributed by atoms with E-state index in [-0.39, 0.29) is 0 Å². The van der Waals surface area contributed by atoms with Gasteiger partial charge in [-0.05, 0) is 38.1 Å². The summed E-state index contributed by atoms with van der Waals surface area (Å²) in [5, 5.41) is 3.69. The SMILES string of the molecule is CCCNC(CN1CCCC1=O)C1CCCCC1. The van der Waals surface area contributed by atoms with E-state index in [1.54, 1.807) is 0 Å². The van der Waals surface area contributed by atoms with Crippen molar-refractivity contribution >= 4 is 5.91 Å². The van der Waals surface area contributed by atoms with E-state index in [0.29, 0.717) is 11.9 Å². The molecule has 0 aromatic carbocycles. The number of carbonyl (C=O) groups excluding carboxylic acids is 1. The van der Waals surface area contributed by atoms with Crippen molar-refractivity contribution in [2.75, 3.05) is 19.6 Å². The molecule has 0 radical (unpaired) electrons. The van der Waals surface area contributed by atoms with Crippen molar-refractivity contribution in [1.29, 1.82) is 0 Å². The van der Waals surface area contributed by atoms with E-state index < -0.39 is 0 Å². The van der Waals surface area contributed by atoms with Crippen LogP contribution >= 0.6 is 0 Å². The molecular weight excluding hydrogens is 224 g/mol. The highest BCUT2D eigenvalue weighted by molar-refractivity contribution is 5.78. The van der Waals surface area contributed by atoms with Crippen molar-refractivity contribution in [2.45, 2.75) is 64.3 Å². The van der Waals surface area contributed by atoms with Gasteiger partial charge in [-0.25, -0.2) is 0 Å². The number of nitrogens with zero attached hydrogens (tertiary/aromatic N) is 1. The first-order valence-electron chi connectivity index (χ1n) is 7.82. The molecule has 1 atom stereocenters. The zero-order valence-electron chi connectivity index (χ0n) is 11.8. The summed E-state index contributed by atoms with van der Waals surface area (Å²) >= 11 is 0. The molecule has 104 valence electrons. The summed E-state index contributed by atoms with van der Waals surface area (Å²) in [7, 11) is 0. The van der Waals surface area contributed by atoms with Gasteiger partial charge in [0.05, 0.1) is 0 Å². The molecule has 0 aromatic rings. The Morgan fingerprint density at radius 1 is 1.28 bits per heavy atom. The van der Waals surface area contributed by atoms with E-state index in [2.05, 4.69) is 17.1 Å². The van der Waals surface area contributed by atoms with Crippen LogP contribution in [0.15, 0.2) is 0 Å². The standard InChI is InChI=1S/C15H28N2O/c1-2-10-16-14(13-7-4-3-5-8-13)12-17-11-6-9-15(17)18/h13-14,16H,2-12H2,1H3. The minimum atomic E-state index is 0.370. The lowest BCUT2D eigenvalue weighted by atomic mass is 9.83. The maximum absolute atomic E-state index is 11.8. The molecule has 1 unspecified atom stereocenters. The van der Waals surface area contributed by atoms with Crippen molar-refractivity contribution < 1.29 is 4.79 Å². The van der Waals surface area contributed by atoms with Gasteiger partial charge in [0.15, 0.2) is 0 Å². The Morgan fingerprint density at radius 2 is 2.06 bits per heavy atom. The van der Waals surface area contributed by atoms with E-state index in [0.717, 1.165) is 38.4 Å². The summed E-state index contributed by atoms with van der Waals surface area (Å²) in [4.78, 5) is 13.8. The molecule has 2 aliphatic rings. The highest BCUT2D eigenvalue weighted by atomic mass is 16.2. The molecule has 1 aliphatic carbocycles. The zero-order chi connectivity index (χ0) is 12.8. The van der Waals surface area contributed by atoms with Gasteiger partial charge in [0, 0.05) is 25.6 Å². The predicted octanol–water partition coefficient (Wildman–Crippen LogP) is 2.56. The average molecular weight is 252 g/mol. The van der Waals surface area contributed by atoms with Crippen LogP contribution in [0, 0.1) is 5.92 Å². The molecule has 0 spiro atoms. The van der Waals surface area contributed by atoms with Gasteiger partial charge in [0.2, 0.25) is 5.91 Å². The third-order valence-corrected chi connectivity index (χ3v) is 4.46. The van der Waals surface area contributed by atoms with E-state index in [4.69, 9.17) is 0 Å². The van der Waals surface area contributed by atoms with Crippen molar-refractivity contribution in [3.05, 3.63) is 0 Å². The molecule has 1 saturated heterocycles. The fourth-order valence-electron chi connectivity index (χ4n) is 3.38. The summed E-state index contributed by atoms with van der Waals surface area (Å²) in [6.45, 7) is 5.23. The first kappa shape index (κ1) is 13.9. The third-order valence-electron chi connectivity index (χ3n) is 4.46. The lowest BCUT2D eigenvalue weighted by Gasteiger charge is -2.33. The second-order valence-electron chi connectivity index (χ2n) is 5.90. The molecule has 0 aromatic heterocycles. The van der Waals surface area contributed by atoms with Crippen LogP contribution in [0.25, 0.3) is 0 Å². The summed E-state index contributed by atoms with van der Waals surface area (Å²) in [5.74, 6) is 1.16. The molecule has 2 fully saturated rings. The van der Waals surface area contributed by atoms with Crippen LogP contribution in [0.5, 0.6) is 0 Å². The van der Waals surface area contributed by atoms with Gasteiger partial charge in [0.1, 0.15) is 0 Å². The zero-order valence-corrected chi connectivity index (χ0v) is 11.8. The lowest BCUT2D eigenvalue weighted by molar-refractivity contribution is -0.128. The quantitative estimate of drug-likeness (QED) is 0.788. The summed E-state index contributed by atoms with van der Waals surface area (Å²) in [5.41, 5.74) is 0. The van der Waals surface area contributed by atoms with Crippen molar-refractivity contribution in [1.82, 2.24) is 10.2 Å². The molecule has 1 amide bonds. The predicted molar refractivity (Wildman–Crippen MR) is 74.5 cm³/mol. The molecule has 1 saturated carbocycles. The Balaban J connectivity index is 1.88. The fraction of sp³-hybridized carbons (Fsp3) is 0.933. The van der Waals surface area contributed by atoms with Crippen LogP contribution in [0.2, 0.25) is 0 Å². The smallest absolute Gasteiger partial charge is 0.222 e. The van der Waals surface area contributed by atoms with Crippen LogP contribution < -0.4 is 5.32 Å². The van der Waals surface area contributed by atoms with E-state index in [1.807, 2.05) is 0 Å². The van der Waals surface area contributed by atoms with E-state index >= 15 is 0 Å². The number of hydrogen-bond acceptors (Lipinski definition) is 2. The number of rotatable bonds is 6. The number of nitrogens with one attached hydrogen (secondary N) is 1. The maximum atomic E-state index is 11.8. The van der Waals surface area contributed by atoms with E-state index in [1.165, 1.54) is 38.5 Å². The Bertz CT molecular complexity index is 261. The first-order valence-corrected chi connectivity index (χ1v) is 7.82. The molecular formula is C15H28N2O. The van der Waals surface area contributed by atoms with Gasteiger partial charge in [-0.2, -0.15) is 0 Å². The van der Waals surface area contributed by atoms with Gasteiger partial charge in [-0.1, -0.05) is 26.2 Å². The second-order valence-corrected chi connectivity index (χ2v) is 5.90. The van der Waals surface area contributed by atoms with Crippen molar-refractivity contribution in [3.63, 3.8) is 0 Å². The Morgan fingerprint density at radius 3 is 2.67 bits per heavy atom. The van der Waals surface area contributed by atoms with Crippen LogP contribution in [0.3, 0.4) is 0 Å². The second kappa shape index (κ2) is 7.13. The van der Waals surface area contributed by atoms with Gasteiger partial charge in [-0.3, -0.25) is 4.79 Å². The summed E-state index contributed by atoms with van der Waals surface area (Å²) in [6.07, 6.45) is 9.87. The number of hydrogen-bond donors (Lipinski definition) is 1. The molecule has 1 heterocycles. The topological polar surface area (TPSA) is 32.3 Å². The van der Waals surface area contributed by atoms with E-state index in [9.17, 15) is 4.79 Å². The number of likely N-dealkylation sites (tertiary alicyclic amines) is 1. The highest BCUT2D eigenvalue weighted by Gasteiger charge is 2.28. The summed E-state index contributed by atoms with van der Waals surface area (Å²) < 4.78 is 0. The lowest BCUT2D eigenvalue weighted by Crippen LogP contribution is -2.46. The van der Waals surface area contributed by atoms with Gasteiger partial charge in [-0.15, -0.1) is 0 Å². The molecule has 0 bridgehead atoms. The number of carbonyl (C=O) groups is 1. The third kappa shape index (κ3) is 3.71. The van der Waals surface area contributed by atoms with Gasteiger partial charge in [0.25, 0.3) is 0 Å². The fourth-order valence-corrected chi connectivity index (χ4v) is 3.38. The normalized spacial score (nSPS) is 23.6. The Kier molecular flexibility index (Phi) is 5.48. The number of amides is 1. The molecule has 18 heavy (non-hydrogen) atoms. The van der Waals surface area contributed by atoms with Crippen LogP contribution in [-0.4, -0.2) is 36.5 Å². The monoisotopic (exact) mass is 252 g/mol. The highest BCUT2D eigenvalue weighted by Crippen LogP contribution is 2.27. The molecule has 2 rings (SSSR count). The van der Waals surface area contributed by atoms with Gasteiger partial charge < -0.3 is 10.2 Å². The molecule has 1 aliphatic heterocycles. The maximum Gasteiger partial charge on any atom is 0.222 e. The molecule has 3 heteroatoms. The largest absolute Gasteiger partial charge is 0.341 e. The minimum absolute atomic E-state index is 0.370. The van der Waals surface area contributed by atoms with Crippen molar-refractivity contribution in [2.24, 2.45) is 5.92 Å². The summed E-state index contributed by atoms with van der Waals surface area (Å²) in [6, 6.07) is 0.535. The van der Waals surface area contributed by atoms with Crippen LogP contribution in [0.4, 0.5) is 0 Å². The van der Waals surface area contributed by atoms with Crippen LogP contribution in [-0.2, 0) is 4.79 Å². The Hall–Kier alpha value is -0.570.